The van der Waals surface area contributed by atoms with Crippen LogP contribution in [0.3, 0.4) is 0 Å². The maximum Gasteiger partial charge on any atom is 0.390 e. The second kappa shape index (κ2) is 22.1. The molecule has 1 saturated heterocycles. The summed E-state index contributed by atoms with van der Waals surface area (Å²) in [6, 6.07) is 119. The van der Waals surface area contributed by atoms with Crippen LogP contribution in [0.4, 0.5) is 0 Å². The molecule has 3 aromatic heterocycles. The molecular formula is C76H56N4O4Si4. The fourth-order valence-electron chi connectivity index (χ4n) is 13.1. The van der Waals surface area contributed by atoms with Gasteiger partial charge in [0.25, 0.3) is 0 Å². The topological polar surface area (TPSA) is 72.6 Å². The molecule has 0 unspecified atom stereocenters. The summed E-state index contributed by atoms with van der Waals surface area (Å²) in [7, 11) is -17.0. The minimum Gasteiger partial charge on any atom is -0.402 e. The van der Waals surface area contributed by atoms with Crippen LogP contribution in [-0.2, 0) is 16.5 Å². The monoisotopic (exact) mass is 1200 g/mol. The third-order valence-corrected chi connectivity index (χ3v) is 35.0. The molecule has 0 bridgehead atoms. The zero-order chi connectivity index (χ0) is 58.5. The van der Waals surface area contributed by atoms with E-state index in [1.165, 1.54) is 0 Å². The number of rotatable bonds is 11. The Morgan fingerprint density at radius 1 is 0.216 bits per heavy atom. The molecule has 0 radical (unpaired) electrons. The molecule has 420 valence electrons. The van der Waals surface area contributed by atoms with Crippen molar-refractivity contribution in [2.24, 2.45) is 0 Å². The second-order valence-electron chi connectivity index (χ2n) is 22.2. The molecule has 4 heterocycles. The summed E-state index contributed by atoms with van der Waals surface area (Å²) in [4.78, 5) is 11.4. The second-order valence-corrected chi connectivity index (χ2v) is 35.0. The van der Waals surface area contributed by atoms with Crippen LogP contribution in [0.5, 0.6) is 0 Å². The first-order chi connectivity index (χ1) is 43.5. The summed E-state index contributed by atoms with van der Waals surface area (Å²) in [5, 5.41) is 11.8. The number of hydrogen-bond acceptors (Lipinski definition) is 6. The standard InChI is InChI=1S/C76H56N4O4Si4/c1-8-32-58(33-9-1)85(59-34-10-2-11-35-59)81-86(60-36-12-3-13-37-60,61-38-14-4-15-39-61)83-88(64-44-20-7-21-45-64,84-87(82-85,62-40-16-5-17-41-62)63-42-18-6-19-43-63)65-46-30-31-57(55-65)76-77-74(79-70-51-26-22-47-66(70)67-48-23-27-52-71(67)79)56-75(78-76)80-72-53-28-24-49-68(72)69-50-25-29-54-73(69)80/h1-56H. The first-order valence-electron chi connectivity index (χ1n) is 29.7. The first kappa shape index (κ1) is 53.5. The van der Waals surface area contributed by atoms with Crippen molar-refractivity contribution in [2.75, 3.05) is 0 Å². The van der Waals surface area contributed by atoms with Gasteiger partial charge in [0.1, 0.15) is 11.6 Å². The minimum absolute atomic E-state index is 0.525. The first-order valence-corrected chi connectivity index (χ1v) is 37.0. The van der Waals surface area contributed by atoms with Gasteiger partial charge < -0.3 is 16.5 Å². The minimum atomic E-state index is -4.40. The highest BCUT2D eigenvalue weighted by atomic mass is 28.5. The molecule has 0 aliphatic carbocycles. The van der Waals surface area contributed by atoms with Gasteiger partial charge in [0.2, 0.25) is 0 Å². The Morgan fingerprint density at radius 2 is 0.443 bits per heavy atom. The zero-order valence-electron chi connectivity index (χ0n) is 47.8. The van der Waals surface area contributed by atoms with E-state index >= 15 is 0 Å². The number of hydrogen-bond donors (Lipinski definition) is 0. The average Bonchev–Trinajstić information content (AvgIpc) is 0.967. The Hall–Kier alpha value is -9.97. The molecule has 15 aromatic rings. The number of fused-ring (bicyclic) bond motifs is 6. The lowest BCUT2D eigenvalue weighted by Gasteiger charge is -2.53. The molecule has 88 heavy (non-hydrogen) atoms. The van der Waals surface area contributed by atoms with Crippen molar-refractivity contribution in [3.05, 3.63) is 340 Å². The van der Waals surface area contributed by atoms with Crippen LogP contribution >= 0.6 is 0 Å². The van der Waals surface area contributed by atoms with Crippen molar-refractivity contribution in [1.29, 1.82) is 0 Å². The van der Waals surface area contributed by atoms with Gasteiger partial charge in [-0.2, -0.15) is 0 Å². The van der Waals surface area contributed by atoms with Crippen LogP contribution < -0.4 is 41.5 Å². The molecule has 12 aromatic carbocycles. The van der Waals surface area contributed by atoms with Crippen LogP contribution in [0, 0.1) is 0 Å². The molecule has 1 aliphatic rings. The number of aromatic nitrogens is 4. The highest BCUT2D eigenvalue weighted by Crippen LogP contribution is 2.37. The molecule has 16 rings (SSSR count). The number of nitrogens with zero attached hydrogens (tertiary/aromatic N) is 4. The van der Waals surface area contributed by atoms with Crippen molar-refractivity contribution in [3.8, 4) is 23.0 Å². The number of para-hydroxylation sites is 4. The van der Waals surface area contributed by atoms with Gasteiger partial charge in [-0.25, -0.2) is 9.97 Å². The summed E-state index contributed by atoms with van der Waals surface area (Å²) in [5.41, 5.74) is 4.94. The van der Waals surface area contributed by atoms with Gasteiger partial charge in [0.15, 0.2) is 5.82 Å². The maximum absolute atomic E-state index is 8.93. The largest absolute Gasteiger partial charge is 0.402 e. The lowest BCUT2D eigenvalue weighted by molar-refractivity contribution is 0.268. The van der Waals surface area contributed by atoms with E-state index in [0.717, 1.165) is 102 Å². The predicted molar refractivity (Wildman–Crippen MR) is 366 cm³/mol. The van der Waals surface area contributed by atoms with Gasteiger partial charge in [-0.05, 0) is 71.8 Å². The highest BCUT2D eigenvalue weighted by Gasteiger charge is 2.68. The SMILES string of the molecule is c1ccc([Si]2(c3ccccc3)O[Si](c3ccccc3)(c3ccccc3)O[Si](c3ccccc3)(c3cccc(-c4nc(-n5c6ccccc6c6ccccc65)cc(-n5c6ccccc6c6ccccc65)n4)c3)O[Si](c3ccccc3)(c3ccccc3)O2)cc1. The van der Waals surface area contributed by atoms with E-state index in [1.54, 1.807) is 0 Å². The van der Waals surface area contributed by atoms with Gasteiger partial charge in [-0.3, -0.25) is 9.13 Å². The maximum atomic E-state index is 8.93. The van der Waals surface area contributed by atoms with Crippen LogP contribution in [0.15, 0.2) is 340 Å². The van der Waals surface area contributed by atoms with Crippen molar-refractivity contribution < 1.29 is 16.5 Å². The summed E-state index contributed by atoms with van der Waals surface area (Å²) in [6.45, 7) is 0. The summed E-state index contributed by atoms with van der Waals surface area (Å²) >= 11 is 0. The molecule has 1 fully saturated rings. The normalized spacial score (nSPS) is 15.2. The Balaban J connectivity index is 1.03. The van der Waals surface area contributed by atoms with Gasteiger partial charge in [0, 0.05) is 33.2 Å². The van der Waals surface area contributed by atoms with Crippen LogP contribution in [0.25, 0.3) is 66.6 Å². The third kappa shape index (κ3) is 8.84. The fourth-order valence-corrected chi connectivity index (χ4v) is 35.7. The average molecular weight is 1200 g/mol. The molecule has 12 heteroatoms. The Bertz CT molecular complexity index is 4550. The van der Waals surface area contributed by atoms with Gasteiger partial charge in [0.05, 0.1) is 22.1 Å². The van der Waals surface area contributed by atoms with Crippen molar-refractivity contribution in [1.82, 2.24) is 19.1 Å². The summed E-state index contributed by atoms with van der Waals surface area (Å²) in [5.74, 6) is 1.97. The van der Waals surface area contributed by atoms with Crippen molar-refractivity contribution in [2.45, 2.75) is 0 Å². The Labute approximate surface area is 514 Å². The summed E-state index contributed by atoms with van der Waals surface area (Å²) < 4.78 is 40.0. The van der Waals surface area contributed by atoms with Gasteiger partial charge >= 0.3 is 34.2 Å². The smallest absolute Gasteiger partial charge is 0.390 e. The highest BCUT2D eigenvalue weighted by molar-refractivity contribution is 7.16. The van der Waals surface area contributed by atoms with E-state index in [4.69, 9.17) is 26.4 Å². The Kier molecular flexibility index (Phi) is 13.4. The lowest BCUT2D eigenvalue weighted by atomic mass is 10.2. The molecule has 1 aliphatic heterocycles. The summed E-state index contributed by atoms with van der Waals surface area (Å²) in [6.07, 6.45) is 0. The van der Waals surface area contributed by atoms with Crippen LogP contribution in [0.1, 0.15) is 0 Å². The molecule has 0 N–H and O–H groups in total. The van der Waals surface area contributed by atoms with E-state index in [-0.39, 0.29) is 0 Å². The van der Waals surface area contributed by atoms with Gasteiger partial charge in [-0.15, -0.1) is 0 Å². The number of benzene rings is 12. The molecule has 0 spiro atoms. The quantitative estimate of drug-likeness (QED) is 0.120. The molecule has 0 saturated carbocycles. The van der Waals surface area contributed by atoms with E-state index in [0.29, 0.717) is 5.82 Å². The third-order valence-electron chi connectivity index (χ3n) is 17.0. The van der Waals surface area contributed by atoms with E-state index in [2.05, 4.69) is 349 Å². The van der Waals surface area contributed by atoms with E-state index in [1.807, 2.05) is 0 Å². The molecule has 0 amide bonds. The molecule has 0 atom stereocenters. The van der Waals surface area contributed by atoms with Crippen molar-refractivity contribution in [3.63, 3.8) is 0 Å². The predicted octanol–water partition coefficient (Wildman–Crippen LogP) is 11.7. The fraction of sp³-hybridized carbons (Fsp3) is 0. The van der Waals surface area contributed by atoms with E-state index < -0.39 is 34.2 Å². The lowest BCUT2D eigenvalue weighted by Crippen LogP contribution is -2.88. The molecule has 8 nitrogen and oxygen atoms in total. The van der Waals surface area contributed by atoms with Crippen LogP contribution in [-0.4, -0.2) is 53.3 Å². The van der Waals surface area contributed by atoms with Gasteiger partial charge in [-0.1, -0.05) is 303 Å². The van der Waals surface area contributed by atoms with Crippen LogP contribution in [0.2, 0.25) is 0 Å². The van der Waals surface area contributed by atoms with Crippen molar-refractivity contribution >= 4 is 119 Å². The molecular weight excluding hydrogens is 1150 g/mol. The van der Waals surface area contributed by atoms with E-state index in [9.17, 15) is 0 Å². The Morgan fingerprint density at radius 3 is 0.716 bits per heavy atom. The zero-order valence-corrected chi connectivity index (χ0v) is 51.8.